The van der Waals surface area contributed by atoms with Crippen LogP contribution in [0.2, 0.25) is 0 Å². The van der Waals surface area contributed by atoms with E-state index in [1.54, 1.807) is 11.8 Å². The molecule has 1 aromatic heterocycles. The summed E-state index contributed by atoms with van der Waals surface area (Å²) in [6.45, 7) is 13.4. The largest absolute Gasteiger partial charge is 0.440 e. The van der Waals surface area contributed by atoms with Crippen LogP contribution in [0.25, 0.3) is 22.1 Å². The molecule has 138 valence electrons. The monoisotopic (exact) mass is 367 g/mol. The number of hydrogen-bond acceptors (Lipinski definition) is 3. The lowest BCUT2D eigenvalue weighted by Crippen LogP contribution is -2.16. The van der Waals surface area contributed by atoms with Crippen molar-refractivity contribution in [2.24, 2.45) is 0 Å². The third-order valence-electron chi connectivity index (χ3n) is 4.87. The van der Waals surface area contributed by atoms with E-state index in [-0.39, 0.29) is 10.8 Å². The molecule has 0 fully saturated rings. The van der Waals surface area contributed by atoms with Crippen molar-refractivity contribution >= 4 is 28.6 Å². The number of nitrogens with two attached hydrogens (primary N) is 1. The molecule has 0 atom stereocenters. The lowest BCUT2D eigenvalue weighted by Gasteiger charge is -2.25. The first-order chi connectivity index (χ1) is 12.0. The highest BCUT2D eigenvalue weighted by molar-refractivity contribution is 7.98. The molecule has 2 aromatic carbocycles. The molecule has 0 aliphatic rings. The van der Waals surface area contributed by atoms with E-state index in [1.807, 2.05) is 0 Å². The molecular formula is C23H29NOS. The van der Waals surface area contributed by atoms with E-state index < -0.39 is 0 Å². The van der Waals surface area contributed by atoms with E-state index in [2.05, 4.69) is 84.2 Å². The van der Waals surface area contributed by atoms with Gasteiger partial charge in [0.25, 0.3) is 0 Å². The van der Waals surface area contributed by atoms with E-state index in [4.69, 9.17) is 10.2 Å². The molecule has 1 heterocycles. The standard InChI is InChI=1S/C23H29NOS/c1-22(2,3)15-12-17-19(14-8-10-16(26-7)11-9-14)21(24)25-20(17)18(13-15)23(4,5)6/h8-13H,24H2,1-7H3. The van der Waals surface area contributed by atoms with Crippen LogP contribution in [0, 0.1) is 0 Å². The lowest BCUT2D eigenvalue weighted by atomic mass is 9.79. The van der Waals surface area contributed by atoms with Gasteiger partial charge < -0.3 is 10.2 Å². The molecule has 0 spiro atoms. The van der Waals surface area contributed by atoms with Crippen LogP contribution in [0.15, 0.2) is 45.7 Å². The van der Waals surface area contributed by atoms with Gasteiger partial charge in [0, 0.05) is 15.8 Å². The summed E-state index contributed by atoms with van der Waals surface area (Å²) in [5, 5.41) is 1.11. The molecule has 3 heteroatoms. The van der Waals surface area contributed by atoms with Gasteiger partial charge in [-0.3, -0.25) is 0 Å². The molecular weight excluding hydrogens is 338 g/mol. The van der Waals surface area contributed by atoms with Crippen LogP contribution in [0.1, 0.15) is 52.7 Å². The van der Waals surface area contributed by atoms with Crippen LogP contribution >= 0.6 is 11.8 Å². The molecule has 0 aliphatic carbocycles. The van der Waals surface area contributed by atoms with Crippen molar-refractivity contribution < 1.29 is 4.42 Å². The normalized spacial score (nSPS) is 12.7. The van der Waals surface area contributed by atoms with Gasteiger partial charge in [-0.15, -0.1) is 11.8 Å². The van der Waals surface area contributed by atoms with Crippen molar-refractivity contribution in [1.29, 1.82) is 0 Å². The Morgan fingerprint density at radius 3 is 2.00 bits per heavy atom. The van der Waals surface area contributed by atoms with E-state index in [1.165, 1.54) is 16.0 Å². The van der Waals surface area contributed by atoms with Crippen molar-refractivity contribution in [1.82, 2.24) is 0 Å². The molecule has 0 radical (unpaired) electrons. The summed E-state index contributed by atoms with van der Waals surface area (Å²) in [5.41, 5.74) is 11.9. The van der Waals surface area contributed by atoms with Gasteiger partial charge >= 0.3 is 0 Å². The Balaban J connectivity index is 2.35. The lowest BCUT2D eigenvalue weighted by molar-refractivity contribution is 0.555. The molecule has 0 saturated carbocycles. The Bertz CT molecular complexity index is 937. The maximum Gasteiger partial charge on any atom is 0.199 e. The molecule has 0 aliphatic heterocycles. The van der Waals surface area contributed by atoms with Gasteiger partial charge in [-0.2, -0.15) is 0 Å². The maximum atomic E-state index is 6.36. The Labute approximate surface area is 161 Å². The molecule has 0 amide bonds. The SMILES string of the molecule is CSc1ccc(-c2c(N)oc3c(C(C)(C)C)cc(C(C)(C)C)cc23)cc1. The predicted octanol–water partition coefficient (Wildman–Crippen LogP) is 7.00. The zero-order valence-electron chi connectivity index (χ0n) is 16.9. The van der Waals surface area contributed by atoms with Crippen molar-refractivity contribution in [3.63, 3.8) is 0 Å². The van der Waals surface area contributed by atoms with Gasteiger partial charge in [0.1, 0.15) is 5.58 Å². The quantitative estimate of drug-likeness (QED) is 0.496. The van der Waals surface area contributed by atoms with E-state index >= 15 is 0 Å². The topological polar surface area (TPSA) is 39.2 Å². The highest BCUT2D eigenvalue weighted by Crippen LogP contribution is 2.43. The summed E-state index contributed by atoms with van der Waals surface area (Å²) in [4.78, 5) is 1.24. The average molecular weight is 368 g/mol. The van der Waals surface area contributed by atoms with Gasteiger partial charge in [-0.25, -0.2) is 0 Å². The molecule has 2 nitrogen and oxygen atoms in total. The van der Waals surface area contributed by atoms with Crippen LogP contribution < -0.4 is 5.73 Å². The number of hydrogen-bond donors (Lipinski definition) is 1. The number of nitrogen functional groups attached to an aromatic ring is 1. The zero-order chi connectivity index (χ0) is 19.3. The fourth-order valence-corrected chi connectivity index (χ4v) is 3.67. The summed E-state index contributed by atoms with van der Waals surface area (Å²) in [6, 6.07) is 13.1. The molecule has 0 bridgehead atoms. The highest BCUT2D eigenvalue weighted by Gasteiger charge is 2.26. The second kappa shape index (κ2) is 6.38. The number of anilines is 1. The van der Waals surface area contributed by atoms with Gasteiger partial charge in [0.15, 0.2) is 5.88 Å². The summed E-state index contributed by atoms with van der Waals surface area (Å²) in [7, 11) is 0. The minimum absolute atomic E-state index is 0.0240. The minimum atomic E-state index is -0.0240. The Morgan fingerprint density at radius 2 is 1.50 bits per heavy atom. The number of thioether (sulfide) groups is 1. The molecule has 2 N–H and O–H groups in total. The second-order valence-electron chi connectivity index (χ2n) is 8.97. The van der Waals surface area contributed by atoms with Crippen molar-refractivity contribution in [2.45, 2.75) is 57.3 Å². The number of benzene rings is 2. The summed E-state index contributed by atoms with van der Waals surface area (Å²) < 4.78 is 6.11. The summed E-state index contributed by atoms with van der Waals surface area (Å²) in [6.07, 6.45) is 2.09. The Kier molecular flexibility index (Phi) is 4.64. The van der Waals surface area contributed by atoms with Crippen molar-refractivity contribution in [3.8, 4) is 11.1 Å². The molecule has 3 aromatic rings. The van der Waals surface area contributed by atoms with Gasteiger partial charge in [-0.1, -0.05) is 59.7 Å². The fraction of sp³-hybridized carbons (Fsp3) is 0.391. The molecule has 0 saturated heterocycles. The van der Waals surface area contributed by atoms with E-state index in [0.29, 0.717) is 5.88 Å². The number of furan rings is 1. The fourth-order valence-electron chi connectivity index (χ4n) is 3.26. The average Bonchev–Trinajstić information content (AvgIpc) is 2.88. The first-order valence-electron chi connectivity index (χ1n) is 9.04. The predicted molar refractivity (Wildman–Crippen MR) is 115 cm³/mol. The third kappa shape index (κ3) is 3.37. The van der Waals surface area contributed by atoms with E-state index in [9.17, 15) is 0 Å². The molecule has 3 rings (SSSR count). The van der Waals surface area contributed by atoms with Gasteiger partial charge in [-0.05, 0) is 46.4 Å². The first-order valence-corrected chi connectivity index (χ1v) is 10.3. The summed E-state index contributed by atoms with van der Waals surface area (Å²) >= 11 is 1.74. The van der Waals surface area contributed by atoms with Crippen LogP contribution in [0.3, 0.4) is 0 Å². The Hall–Kier alpha value is -1.87. The Morgan fingerprint density at radius 1 is 0.885 bits per heavy atom. The van der Waals surface area contributed by atoms with Crippen molar-refractivity contribution in [2.75, 3.05) is 12.0 Å². The molecule has 0 unspecified atom stereocenters. The maximum absolute atomic E-state index is 6.36. The van der Waals surface area contributed by atoms with Crippen molar-refractivity contribution in [3.05, 3.63) is 47.5 Å². The summed E-state index contributed by atoms with van der Waals surface area (Å²) in [5.74, 6) is 0.494. The molecule has 26 heavy (non-hydrogen) atoms. The van der Waals surface area contributed by atoms with E-state index in [0.717, 1.165) is 22.1 Å². The van der Waals surface area contributed by atoms with Crippen LogP contribution in [-0.4, -0.2) is 6.26 Å². The zero-order valence-corrected chi connectivity index (χ0v) is 17.7. The third-order valence-corrected chi connectivity index (χ3v) is 5.61. The smallest absolute Gasteiger partial charge is 0.199 e. The van der Waals surface area contributed by atoms with Gasteiger partial charge in [0.05, 0.1) is 5.56 Å². The van der Waals surface area contributed by atoms with Gasteiger partial charge in [0.2, 0.25) is 0 Å². The number of rotatable bonds is 2. The van der Waals surface area contributed by atoms with Crippen LogP contribution in [-0.2, 0) is 10.8 Å². The van der Waals surface area contributed by atoms with Crippen LogP contribution in [0.5, 0.6) is 0 Å². The number of fused-ring (bicyclic) bond motifs is 1. The highest BCUT2D eigenvalue weighted by atomic mass is 32.2. The first kappa shape index (κ1) is 18.9. The second-order valence-corrected chi connectivity index (χ2v) is 9.85. The van der Waals surface area contributed by atoms with Crippen LogP contribution in [0.4, 0.5) is 5.88 Å². The minimum Gasteiger partial charge on any atom is -0.440 e.